The van der Waals surface area contributed by atoms with Gasteiger partial charge in [0.25, 0.3) is 0 Å². The average Bonchev–Trinajstić information content (AvgIpc) is 1.83. The topological polar surface area (TPSA) is 66.8 Å². The molecule has 5 heteroatoms. The summed E-state index contributed by atoms with van der Waals surface area (Å²) in [6, 6.07) is -0.780. The van der Waals surface area contributed by atoms with E-state index >= 15 is 0 Å². The normalized spacial score (nSPS) is 24.3. The van der Waals surface area contributed by atoms with E-state index < -0.39 is 12.0 Å². The van der Waals surface area contributed by atoms with Crippen LogP contribution in [0.3, 0.4) is 0 Å². The van der Waals surface area contributed by atoms with Crippen molar-refractivity contribution < 1.29 is 19.5 Å². The first-order valence-electron chi connectivity index (χ1n) is 2.75. The highest BCUT2D eigenvalue weighted by molar-refractivity contribution is 5.93. The summed E-state index contributed by atoms with van der Waals surface area (Å²) >= 11 is 0. The SMILES string of the molecule is CON1C(=O)C[C@@H]1C(=O)O. The molecule has 1 atom stereocenters. The second kappa shape index (κ2) is 2.26. The van der Waals surface area contributed by atoms with Gasteiger partial charge in [-0.05, 0) is 0 Å². The Morgan fingerprint density at radius 1 is 1.90 bits per heavy atom. The van der Waals surface area contributed by atoms with E-state index in [1.54, 1.807) is 0 Å². The Bertz CT molecular complexity index is 170. The molecule has 1 fully saturated rings. The molecule has 0 saturated carbocycles. The number of amides is 1. The van der Waals surface area contributed by atoms with Crippen LogP contribution in [0.4, 0.5) is 0 Å². The molecule has 1 aliphatic heterocycles. The lowest BCUT2D eigenvalue weighted by atomic mass is 10.1. The molecule has 1 saturated heterocycles. The highest BCUT2D eigenvalue weighted by Gasteiger charge is 2.42. The van der Waals surface area contributed by atoms with E-state index in [0.29, 0.717) is 0 Å². The van der Waals surface area contributed by atoms with Gasteiger partial charge in [-0.15, -0.1) is 0 Å². The predicted molar refractivity (Wildman–Crippen MR) is 29.9 cm³/mol. The highest BCUT2D eigenvalue weighted by atomic mass is 16.7. The average molecular weight is 145 g/mol. The first kappa shape index (κ1) is 7.01. The van der Waals surface area contributed by atoms with Crippen LogP contribution in [0.5, 0.6) is 0 Å². The summed E-state index contributed by atoms with van der Waals surface area (Å²) in [5, 5.41) is 9.23. The van der Waals surface area contributed by atoms with Crippen molar-refractivity contribution in [3.63, 3.8) is 0 Å². The summed E-state index contributed by atoms with van der Waals surface area (Å²) in [5.41, 5.74) is 0. The highest BCUT2D eigenvalue weighted by Crippen LogP contribution is 2.18. The zero-order chi connectivity index (χ0) is 7.72. The standard InChI is InChI=1S/C5H7NO4/c1-10-6-3(5(8)9)2-4(6)7/h3H,2H2,1H3,(H,8,9)/t3-/m1/s1. The fourth-order valence-corrected chi connectivity index (χ4v) is 0.816. The fourth-order valence-electron chi connectivity index (χ4n) is 0.816. The monoisotopic (exact) mass is 145 g/mol. The Morgan fingerprint density at radius 2 is 2.50 bits per heavy atom. The number of carbonyl (C=O) groups is 2. The number of hydrogen-bond donors (Lipinski definition) is 1. The number of β-lactam (4-membered cyclic amide) rings is 1. The maximum absolute atomic E-state index is 10.5. The molecule has 1 N–H and O–H groups in total. The van der Waals surface area contributed by atoms with Crippen LogP contribution in [0.15, 0.2) is 0 Å². The largest absolute Gasteiger partial charge is 0.480 e. The molecule has 0 unspecified atom stereocenters. The summed E-state index contributed by atoms with van der Waals surface area (Å²) in [6.07, 6.45) is 0.0448. The number of hydroxylamine groups is 2. The molecular formula is C5H7NO4. The lowest BCUT2D eigenvalue weighted by Gasteiger charge is -2.34. The minimum absolute atomic E-state index is 0.0448. The second-order valence-electron chi connectivity index (χ2n) is 1.96. The minimum Gasteiger partial charge on any atom is -0.480 e. The van der Waals surface area contributed by atoms with E-state index in [-0.39, 0.29) is 12.3 Å². The summed E-state index contributed by atoms with van der Waals surface area (Å²) in [7, 11) is 1.27. The van der Waals surface area contributed by atoms with E-state index in [2.05, 4.69) is 4.84 Å². The molecule has 0 aromatic rings. The molecule has 0 spiro atoms. The van der Waals surface area contributed by atoms with E-state index in [1.165, 1.54) is 7.11 Å². The van der Waals surface area contributed by atoms with Crippen LogP contribution in [-0.4, -0.2) is 35.2 Å². The maximum Gasteiger partial charge on any atom is 0.329 e. The van der Waals surface area contributed by atoms with Crippen LogP contribution in [0.2, 0.25) is 0 Å². The summed E-state index contributed by atoms with van der Waals surface area (Å²) < 4.78 is 0. The van der Waals surface area contributed by atoms with Crippen LogP contribution in [0, 0.1) is 0 Å². The number of carboxylic acid groups (broad SMARTS) is 1. The minimum atomic E-state index is -1.03. The predicted octanol–water partition coefficient (Wildman–Crippen LogP) is -0.767. The molecule has 1 heterocycles. The Balaban J connectivity index is 2.53. The number of rotatable bonds is 2. The van der Waals surface area contributed by atoms with Crippen LogP contribution >= 0.6 is 0 Å². The zero-order valence-corrected chi connectivity index (χ0v) is 5.40. The number of aliphatic carboxylic acids is 1. The van der Waals surface area contributed by atoms with Crippen LogP contribution < -0.4 is 0 Å². The third-order valence-electron chi connectivity index (χ3n) is 1.38. The first-order valence-corrected chi connectivity index (χ1v) is 2.75. The quantitative estimate of drug-likeness (QED) is 0.518. The lowest BCUT2D eigenvalue weighted by Crippen LogP contribution is -2.55. The summed E-state index contributed by atoms with van der Waals surface area (Å²) in [4.78, 5) is 25.2. The van der Waals surface area contributed by atoms with E-state index in [4.69, 9.17) is 5.11 Å². The molecular weight excluding hydrogens is 138 g/mol. The van der Waals surface area contributed by atoms with Gasteiger partial charge in [0.2, 0.25) is 5.91 Å². The zero-order valence-electron chi connectivity index (χ0n) is 5.40. The molecule has 10 heavy (non-hydrogen) atoms. The fraction of sp³-hybridized carbons (Fsp3) is 0.600. The number of hydrogen-bond acceptors (Lipinski definition) is 3. The van der Waals surface area contributed by atoms with Gasteiger partial charge in [0.05, 0.1) is 13.5 Å². The van der Waals surface area contributed by atoms with Gasteiger partial charge < -0.3 is 5.11 Å². The maximum atomic E-state index is 10.5. The number of nitrogens with zero attached hydrogens (tertiary/aromatic N) is 1. The van der Waals surface area contributed by atoms with Crippen molar-refractivity contribution in [2.75, 3.05) is 7.11 Å². The van der Waals surface area contributed by atoms with Crippen LogP contribution in [0.25, 0.3) is 0 Å². The molecule has 0 radical (unpaired) electrons. The van der Waals surface area contributed by atoms with Gasteiger partial charge in [-0.1, -0.05) is 0 Å². The van der Waals surface area contributed by atoms with Gasteiger partial charge in [-0.2, -0.15) is 0 Å². The third kappa shape index (κ3) is 0.841. The smallest absolute Gasteiger partial charge is 0.329 e. The first-order chi connectivity index (χ1) is 4.66. The van der Waals surface area contributed by atoms with Gasteiger partial charge in [0, 0.05) is 0 Å². The van der Waals surface area contributed by atoms with Crippen molar-refractivity contribution in [2.45, 2.75) is 12.5 Å². The van der Waals surface area contributed by atoms with Crippen molar-refractivity contribution in [1.82, 2.24) is 5.06 Å². The van der Waals surface area contributed by atoms with Gasteiger partial charge in [-0.25, -0.2) is 9.86 Å². The Hall–Kier alpha value is -1.10. The lowest BCUT2D eigenvalue weighted by molar-refractivity contribution is -0.220. The Morgan fingerprint density at radius 3 is 2.70 bits per heavy atom. The van der Waals surface area contributed by atoms with Crippen molar-refractivity contribution in [3.8, 4) is 0 Å². The molecule has 1 amide bonds. The van der Waals surface area contributed by atoms with Gasteiger partial charge >= 0.3 is 5.97 Å². The molecule has 1 rings (SSSR count). The van der Waals surface area contributed by atoms with Crippen LogP contribution in [0.1, 0.15) is 6.42 Å². The molecule has 0 bridgehead atoms. The van der Waals surface area contributed by atoms with Crippen molar-refractivity contribution in [1.29, 1.82) is 0 Å². The summed E-state index contributed by atoms with van der Waals surface area (Å²) in [6.45, 7) is 0. The van der Waals surface area contributed by atoms with Gasteiger partial charge in [-0.3, -0.25) is 9.63 Å². The van der Waals surface area contributed by atoms with E-state index in [9.17, 15) is 9.59 Å². The Kier molecular flexibility index (Phi) is 1.58. The number of carboxylic acids is 1. The summed E-state index contributed by atoms with van der Waals surface area (Å²) in [5.74, 6) is -1.31. The molecule has 1 aliphatic rings. The molecule has 0 aromatic carbocycles. The third-order valence-corrected chi connectivity index (χ3v) is 1.38. The Labute approximate surface area is 57.1 Å². The van der Waals surface area contributed by atoms with Crippen molar-refractivity contribution >= 4 is 11.9 Å². The van der Waals surface area contributed by atoms with Crippen molar-refractivity contribution in [2.24, 2.45) is 0 Å². The molecule has 5 nitrogen and oxygen atoms in total. The molecule has 56 valence electrons. The van der Waals surface area contributed by atoms with Crippen LogP contribution in [-0.2, 0) is 14.4 Å². The van der Waals surface area contributed by atoms with Gasteiger partial charge in [0.15, 0.2) is 6.04 Å². The van der Waals surface area contributed by atoms with E-state index in [0.717, 1.165) is 5.06 Å². The molecule has 0 aromatic heterocycles. The number of carbonyl (C=O) groups excluding carboxylic acids is 1. The van der Waals surface area contributed by atoms with E-state index in [1.807, 2.05) is 0 Å². The second-order valence-corrected chi connectivity index (χ2v) is 1.96. The van der Waals surface area contributed by atoms with Crippen molar-refractivity contribution in [3.05, 3.63) is 0 Å². The van der Waals surface area contributed by atoms with Gasteiger partial charge in [0.1, 0.15) is 0 Å². The molecule has 0 aliphatic carbocycles.